The van der Waals surface area contributed by atoms with Gasteiger partial charge in [0.1, 0.15) is 12.4 Å². The zero-order valence-electron chi connectivity index (χ0n) is 17.7. The molecule has 34 heavy (non-hydrogen) atoms. The Kier molecular flexibility index (Phi) is 6.01. The molecular formula is C23H17F4N5O2. The van der Waals surface area contributed by atoms with Crippen molar-refractivity contribution in [3.8, 4) is 0 Å². The van der Waals surface area contributed by atoms with Gasteiger partial charge in [-0.3, -0.25) is 14.3 Å². The van der Waals surface area contributed by atoms with Crippen molar-refractivity contribution in [1.82, 2.24) is 19.6 Å². The van der Waals surface area contributed by atoms with Crippen molar-refractivity contribution in [1.29, 1.82) is 0 Å². The van der Waals surface area contributed by atoms with Gasteiger partial charge in [0.2, 0.25) is 5.78 Å². The molecule has 0 saturated heterocycles. The molecule has 4 rings (SSSR count). The van der Waals surface area contributed by atoms with Crippen LogP contribution in [-0.4, -0.2) is 32.1 Å². The molecule has 0 aliphatic carbocycles. The molecule has 0 unspecified atom stereocenters. The van der Waals surface area contributed by atoms with E-state index in [0.717, 1.165) is 16.9 Å². The molecule has 174 valence electrons. The zero-order valence-corrected chi connectivity index (χ0v) is 17.7. The van der Waals surface area contributed by atoms with Gasteiger partial charge in [0.25, 0.3) is 5.91 Å². The predicted molar refractivity (Wildman–Crippen MR) is 115 cm³/mol. The third kappa shape index (κ3) is 4.58. The number of alkyl halides is 3. The van der Waals surface area contributed by atoms with Crippen LogP contribution < -0.4 is 5.43 Å². The van der Waals surface area contributed by atoms with Crippen molar-refractivity contribution in [2.75, 3.05) is 0 Å². The molecule has 0 bridgehead atoms. The first kappa shape index (κ1) is 22.9. The number of hydrogen-bond acceptors (Lipinski definition) is 4. The topological polar surface area (TPSA) is 80.8 Å². The number of carbonyl (C=O) groups is 2. The van der Waals surface area contributed by atoms with Gasteiger partial charge in [-0.1, -0.05) is 6.07 Å². The molecule has 0 aliphatic rings. The monoisotopic (exact) mass is 471 g/mol. The predicted octanol–water partition coefficient (Wildman–Crippen LogP) is 3.98. The number of benzene rings is 1. The molecule has 1 amide bonds. The van der Waals surface area contributed by atoms with Crippen molar-refractivity contribution in [3.05, 3.63) is 94.8 Å². The molecular weight excluding hydrogens is 454 g/mol. The second kappa shape index (κ2) is 8.93. The van der Waals surface area contributed by atoms with Crippen LogP contribution in [0.4, 0.5) is 17.6 Å². The average molecular weight is 471 g/mol. The maximum atomic E-state index is 13.3. The smallest absolute Gasteiger partial charge is 0.313 e. The molecule has 1 N–H and O–H groups in total. The van der Waals surface area contributed by atoms with Gasteiger partial charge in [-0.05, 0) is 55.0 Å². The summed E-state index contributed by atoms with van der Waals surface area (Å²) in [7, 11) is 0. The summed E-state index contributed by atoms with van der Waals surface area (Å²) in [5.41, 5.74) is 3.60. The van der Waals surface area contributed by atoms with E-state index in [-0.39, 0.29) is 5.78 Å². The molecule has 3 aromatic heterocycles. The number of nitrogens with one attached hydrogen (secondary N) is 1. The van der Waals surface area contributed by atoms with Crippen molar-refractivity contribution in [2.45, 2.75) is 19.6 Å². The van der Waals surface area contributed by atoms with E-state index in [1.54, 1.807) is 35.7 Å². The molecule has 0 aliphatic heterocycles. The number of hydrazone groups is 1. The SMILES string of the molecule is Cc1c(C=NNC(=O)Cn2ccc(C(F)(F)F)n2)c2ccccn2c1C(=O)c1ccc(F)cc1. The summed E-state index contributed by atoms with van der Waals surface area (Å²) >= 11 is 0. The molecule has 4 aromatic rings. The van der Waals surface area contributed by atoms with Gasteiger partial charge in [0.15, 0.2) is 5.69 Å². The molecule has 7 nitrogen and oxygen atoms in total. The van der Waals surface area contributed by atoms with Gasteiger partial charge in [0.05, 0.1) is 17.4 Å². The van der Waals surface area contributed by atoms with E-state index in [4.69, 9.17) is 0 Å². The van der Waals surface area contributed by atoms with Crippen LogP contribution in [0.1, 0.15) is 32.9 Å². The maximum Gasteiger partial charge on any atom is 0.435 e. The lowest BCUT2D eigenvalue weighted by atomic mass is 10.0. The minimum atomic E-state index is -4.60. The van der Waals surface area contributed by atoms with Gasteiger partial charge in [0, 0.05) is 23.5 Å². The van der Waals surface area contributed by atoms with E-state index in [0.29, 0.717) is 27.9 Å². The van der Waals surface area contributed by atoms with Gasteiger partial charge >= 0.3 is 6.18 Å². The van der Waals surface area contributed by atoms with Crippen LogP contribution in [0.25, 0.3) is 5.52 Å². The molecule has 0 fully saturated rings. The molecule has 3 heterocycles. The van der Waals surface area contributed by atoms with E-state index in [1.807, 2.05) is 0 Å². The number of fused-ring (bicyclic) bond motifs is 1. The Bertz CT molecular complexity index is 1400. The number of aromatic nitrogens is 3. The van der Waals surface area contributed by atoms with E-state index in [9.17, 15) is 27.2 Å². The fourth-order valence-corrected chi connectivity index (χ4v) is 3.49. The summed E-state index contributed by atoms with van der Waals surface area (Å²) in [4.78, 5) is 25.2. The van der Waals surface area contributed by atoms with Crippen LogP contribution in [-0.2, 0) is 17.5 Å². The Morgan fingerprint density at radius 3 is 2.50 bits per heavy atom. The van der Waals surface area contributed by atoms with Crippen LogP contribution in [0.2, 0.25) is 0 Å². The van der Waals surface area contributed by atoms with Gasteiger partial charge < -0.3 is 4.40 Å². The van der Waals surface area contributed by atoms with Crippen LogP contribution in [0.5, 0.6) is 0 Å². The minimum absolute atomic E-state index is 0.307. The number of ketones is 1. The number of nitrogens with zero attached hydrogens (tertiary/aromatic N) is 4. The number of hydrogen-bond donors (Lipinski definition) is 1. The summed E-state index contributed by atoms with van der Waals surface area (Å²) in [5.74, 6) is -1.46. The molecule has 0 atom stereocenters. The Morgan fingerprint density at radius 2 is 1.82 bits per heavy atom. The normalized spacial score (nSPS) is 11.9. The highest BCUT2D eigenvalue weighted by Gasteiger charge is 2.33. The van der Waals surface area contributed by atoms with E-state index >= 15 is 0 Å². The van der Waals surface area contributed by atoms with Crippen molar-refractivity contribution >= 4 is 23.4 Å². The third-order valence-electron chi connectivity index (χ3n) is 5.08. The average Bonchev–Trinajstić information content (AvgIpc) is 3.37. The standard InChI is InChI=1S/C23H17F4N5O2/c1-14-17(12-28-29-20(33)13-31-11-9-19(30-31)23(25,26)27)18-4-2-3-10-32(18)21(14)22(34)15-5-7-16(24)8-6-15/h2-12H,13H2,1H3,(H,29,33). The lowest BCUT2D eigenvalue weighted by molar-refractivity contribution is -0.141. The first-order chi connectivity index (χ1) is 16.1. The van der Waals surface area contributed by atoms with E-state index < -0.39 is 30.1 Å². The fraction of sp³-hybridized carbons (Fsp3) is 0.130. The minimum Gasteiger partial charge on any atom is -0.313 e. The lowest BCUT2D eigenvalue weighted by Gasteiger charge is -2.04. The third-order valence-corrected chi connectivity index (χ3v) is 5.08. The summed E-state index contributed by atoms with van der Waals surface area (Å²) in [6.07, 6.45) is -0.499. The maximum absolute atomic E-state index is 13.3. The highest BCUT2D eigenvalue weighted by Crippen LogP contribution is 2.27. The first-order valence-electron chi connectivity index (χ1n) is 9.97. The first-order valence-corrected chi connectivity index (χ1v) is 9.97. The molecule has 0 saturated carbocycles. The second-order valence-corrected chi connectivity index (χ2v) is 7.37. The Labute approximate surface area is 190 Å². The summed E-state index contributed by atoms with van der Waals surface area (Å²) < 4.78 is 53.7. The number of amides is 1. The molecule has 11 heteroatoms. The van der Waals surface area contributed by atoms with Crippen LogP contribution in [0, 0.1) is 12.7 Å². The van der Waals surface area contributed by atoms with Gasteiger partial charge in [-0.2, -0.15) is 23.4 Å². The van der Waals surface area contributed by atoms with Gasteiger partial charge in [-0.25, -0.2) is 9.82 Å². The zero-order chi connectivity index (χ0) is 24.5. The van der Waals surface area contributed by atoms with Crippen LogP contribution in [0.3, 0.4) is 0 Å². The lowest BCUT2D eigenvalue weighted by Crippen LogP contribution is -2.23. The second-order valence-electron chi connectivity index (χ2n) is 7.37. The Hall–Kier alpha value is -4.28. The molecule has 1 aromatic carbocycles. The van der Waals surface area contributed by atoms with Gasteiger partial charge in [-0.15, -0.1) is 0 Å². The molecule has 0 spiro atoms. The Balaban J connectivity index is 1.56. The molecule has 0 radical (unpaired) electrons. The van der Waals surface area contributed by atoms with Crippen LogP contribution in [0.15, 0.2) is 66.0 Å². The number of pyridine rings is 1. The van der Waals surface area contributed by atoms with Crippen LogP contribution >= 0.6 is 0 Å². The number of carbonyl (C=O) groups excluding carboxylic acids is 2. The van der Waals surface area contributed by atoms with E-state index in [2.05, 4.69) is 15.6 Å². The highest BCUT2D eigenvalue weighted by molar-refractivity contribution is 6.11. The van der Waals surface area contributed by atoms with Crippen molar-refractivity contribution in [2.24, 2.45) is 5.10 Å². The van der Waals surface area contributed by atoms with E-state index in [1.165, 1.54) is 30.5 Å². The van der Waals surface area contributed by atoms with Crippen molar-refractivity contribution < 1.29 is 27.2 Å². The number of halogens is 4. The quantitative estimate of drug-likeness (QED) is 0.200. The summed E-state index contributed by atoms with van der Waals surface area (Å²) in [6, 6.07) is 11.2. The number of rotatable bonds is 6. The van der Waals surface area contributed by atoms with Crippen molar-refractivity contribution in [3.63, 3.8) is 0 Å². The summed E-state index contributed by atoms with van der Waals surface area (Å²) in [6.45, 7) is 1.26. The fourth-order valence-electron chi connectivity index (χ4n) is 3.49. The Morgan fingerprint density at radius 1 is 1.09 bits per heavy atom. The highest BCUT2D eigenvalue weighted by atomic mass is 19.4. The largest absolute Gasteiger partial charge is 0.435 e. The summed E-state index contributed by atoms with van der Waals surface area (Å²) in [5, 5.41) is 7.21.